The summed E-state index contributed by atoms with van der Waals surface area (Å²) in [6.45, 7) is 0. The lowest BCUT2D eigenvalue weighted by molar-refractivity contribution is 0.473. The normalized spacial score (nSPS) is 18.7. The number of phenols is 2. The van der Waals surface area contributed by atoms with Crippen LogP contribution in [0.5, 0.6) is 11.5 Å². The van der Waals surface area contributed by atoms with Crippen LogP contribution in [-0.2, 0) is 5.41 Å². The zero-order valence-electron chi connectivity index (χ0n) is 13.0. The Morgan fingerprint density at radius 1 is 0.833 bits per heavy atom. The van der Waals surface area contributed by atoms with E-state index in [0.717, 1.165) is 16.7 Å². The summed E-state index contributed by atoms with van der Waals surface area (Å²) in [6, 6.07) is 13.8. The van der Waals surface area contributed by atoms with Gasteiger partial charge in [-0.2, -0.15) is 0 Å². The third-order valence-corrected chi connectivity index (χ3v) is 4.52. The van der Waals surface area contributed by atoms with E-state index in [1.54, 1.807) is 24.3 Å². The number of phenolic OH excluding ortho intramolecular Hbond substituents is 2. The van der Waals surface area contributed by atoms with Crippen LogP contribution in [0.15, 0.2) is 72.3 Å². The van der Waals surface area contributed by atoms with Crippen LogP contribution >= 0.6 is 0 Å². The number of hydrogen-bond donors (Lipinski definition) is 4. The van der Waals surface area contributed by atoms with Gasteiger partial charge in [0.15, 0.2) is 0 Å². The predicted molar refractivity (Wildman–Crippen MR) is 95.3 cm³/mol. The first-order chi connectivity index (χ1) is 11.6. The lowest BCUT2D eigenvalue weighted by Crippen LogP contribution is -2.38. The van der Waals surface area contributed by atoms with Gasteiger partial charge < -0.3 is 21.0 Å². The Kier molecular flexibility index (Phi) is 4.04. The van der Waals surface area contributed by atoms with Crippen LogP contribution in [0.2, 0.25) is 0 Å². The summed E-state index contributed by atoms with van der Waals surface area (Å²) in [5, 5.41) is 34.9. The van der Waals surface area contributed by atoms with Crippen molar-refractivity contribution in [2.75, 3.05) is 0 Å². The first-order valence-corrected chi connectivity index (χ1v) is 7.61. The summed E-state index contributed by atoms with van der Waals surface area (Å²) in [6.07, 6.45) is 8.35. The number of nitrogens with one attached hydrogen (secondary N) is 2. The van der Waals surface area contributed by atoms with Crippen molar-refractivity contribution in [2.24, 2.45) is 5.92 Å². The molecule has 0 bridgehead atoms. The molecule has 1 aliphatic rings. The fraction of sp³-hybridized carbons (Fsp3) is 0.100. The molecule has 1 atom stereocenters. The van der Waals surface area contributed by atoms with Gasteiger partial charge in [0.1, 0.15) is 11.5 Å². The van der Waals surface area contributed by atoms with Crippen LogP contribution in [0.4, 0.5) is 0 Å². The van der Waals surface area contributed by atoms with E-state index < -0.39 is 5.41 Å². The van der Waals surface area contributed by atoms with Crippen LogP contribution in [0.25, 0.3) is 0 Å². The van der Waals surface area contributed by atoms with Crippen LogP contribution in [0.1, 0.15) is 11.1 Å². The van der Waals surface area contributed by atoms with Crippen molar-refractivity contribution in [1.82, 2.24) is 0 Å². The van der Waals surface area contributed by atoms with Crippen molar-refractivity contribution in [3.8, 4) is 11.5 Å². The quantitative estimate of drug-likeness (QED) is 0.646. The molecule has 4 heteroatoms. The maximum atomic E-state index is 9.62. The second kappa shape index (κ2) is 6.16. The minimum Gasteiger partial charge on any atom is -0.508 e. The van der Waals surface area contributed by atoms with Crippen LogP contribution in [0.3, 0.4) is 0 Å². The lowest BCUT2D eigenvalue weighted by atomic mass is 9.62. The number of allylic oxidation sites excluding steroid dienone is 4. The highest BCUT2D eigenvalue weighted by Crippen LogP contribution is 2.45. The van der Waals surface area contributed by atoms with Gasteiger partial charge in [-0.05, 0) is 41.0 Å². The molecule has 0 aliphatic heterocycles. The van der Waals surface area contributed by atoms with Gasteiger partial charge in [0, 0.05) is 18.3 Å². The molecule has 1 aliphatic carbocycles. The molecular formula is C20H18N2O2. The number of rotatable bonds is 4. The molecule has 120 valence electrons. The molecule has 2 aromatic carbocycles. The van der Waals surface area contributed by atoms with Gasteiger partial charge >= 0.3 is 0 Å². The summed E-state index contributed by atoms with van der Waals surface area (Å²) in [5.41, 5.74) is 1.87. The summed E-state index contributed by atoms with van der Waals surface area (Å²) in [4.78, 5) is 0. The topological polar surface area (TPSA) is 88.2 Å². The van der Waals surface area contributed by atoms with E-state index in [1.165, 1.54) is 12.4 Å². The summed E-state index contributed by atoms with van der Waals surface area (Å²) < 4.78 is 0. The second-order valence-electron chi connectivity index (χ2n) is 5.78. The summed E-state index contributed by atoms with van der Waals surface area (Å²) >= 11 is 0. The van der Waals surface area contributed by atoms with Crippen molar-refractivity contribution in [3.05, 3.63) is 83.5 Å². The summed E-state index contributed by atoms with van der Waals surface area (Å²) in [7, 11) is 0. The minimum absolute atomic E-state index is 0.175. The Labute approximate surface area is 140 Å². The Balaban J connectivity index is 2.28. The Morgan fingerprint density at radius 3 is 1.75 bits per heavy atom. The van der Waals surface area contributed by atoms with E-state index in [-0.39, 0.29) is 17.4 Å². The molecule has 24 heavy (non-hydrogen) atoms. The van der Waals surface area contributed by atoms with Crippen molar-refractivity contribution >= 4 is 12.4 Å². The molecule has 0 saturated carbocycles. The van der Waals surface area contributed by atoms with Crippen molar-refractivity contribution < 1.29 is 10.2 Å². The molecular weight excluding hydrogens is 300 g/mol. The Morgan fingerprint density at radius 2 is 1.33 bits per heavy atom. The first-order valence-electron chi connectivity index (χ1n) is 7.61. The molecule has 1 unspecified atom stereocenters. The highest BCUT2D eigenvalue weighted by molar-refractivity contribution is 5.87. The third-order valence-electron chi connectivity index (χ3n) is 4.52. The van der Waals surface area contributed by atoms with Crippen molar-refractivity contribution in [2.45, 2.75) is 5.41 Å². The van der Waals surface area contributed by atoms with Gasteiger partial charge in [-0.25, -0.2) is 0 Å². The molecule has 0 spiro atoms. The van der Waals surface area contributed by atoms with Gasteiger partial charge in [0.2, 0.25) is 0 Å². The zero-order valence-corrected chi connectivity index (χ0v) is 13.0. The maximum Gasteiger partial charge on any atom is 0.115 e. The second-order valence-corrected chi connectivity index (χ2v) is 5.78. The lowest BCUT2D eigenvalue weighted by Gasteiger charge is -2.40. The average molecular weight is 318 g/mol. The van der Waals surface area contributed by atoms with Crippen molar-refractivity contribution in [1.29, 1.82) is 10.8 Å². The predicted octanol–water partition coefficient (Wildman–Crippen LogP) is 3.80. The number of aromatic hydroxyl groups is 2. The van der Waals surface area contributed by atoms with E-state index in [0.29, 0.717) is 0 Å². The molecule has 0 heterocycles. The highest BCUT2D eigenvalue weighted by Gasteiger charge is 2.41. The SMILES string of the molecule is N=CC1=CC=CC(c2ccc(O)cc2)(c2ccc(O)cc2)C1C=N. The minimum atomic E-state index is -0.676. The van der Waals surface area contributed by atoms with E-state index >= 15 is 0 Å². The fourth-order valence-electron chi connectivity index (χ4n) is 3.34. The van der Waals surface area contributed by atoms with Crippen LogP contribution in [-0.4, -0.2) is 22.6 Å². The van der Waals surface area contributed by atoms with Crippen LogP contribution in [0, 0.1) is 16.7 Å². The van der Waals surface area contributed by atoms with Crippen LogP contribution < -0.4 is 0 Å². The van der Waals surface area contributed by atoms with E-state index in [9.17, 15) is 10.2 Å². The fourth-order valence-corrected chi connectivity index (χ4v) is 3.34. The maximum absolute atomic E-state index is 9.62. The standard InChI is InChI=1S/C20H18N2O2/c21-12-14-2-1-11-20(19(14)13-22,15-3-7-17(23)8-4-15)16-5-9-18(24)10-6-16/h1-13,19,21-24H. The smallest absolute Gasteiger partial charge is 0.115 e. The van der Waals surface area contributed by atoms with Gasteiger partial charge in [-0.15, -0.1) is 0 Å². The molecule has 0 amide bonds. The molecule has 0 aromatic heterocycles. The van der Waals surface area contributed by atoms with Gasteiger partial charge in [0.05, 0.1) is 5.41 Å². The Bertz CT molecular complexity index is 772. The van der Waals surface area contributed by atoms with E-state index in [1.807, 2.05) is 42.5 Å². The number of benzene rings is 2. The molecule has 0 fully saturated rings. The van der Waals surface area contributed by atoms with Gasteiger partial charge in [-0.3, -0.25) is 0 Å². The highest BCUT2D eigenvalue weighted by atomic mass is 16.3. The average Bonchev–Trinajstić information content (AvgIpc) is 2.62. The monoisotopic (exact) mass is 318 g/mol. The van der Waals surface area contributed by atoms with Gasteiger partial charge in [0.25, 0.3) is 0 Å². The first kappa shape index (κ1) is 15.7. The van der Waals surface area contributed by atoms with E-state index in [4.69, 9.17) is 10.8 Å². The molecule has 3 rings (SSSR count). The third kappa shape index (κ3) is 2.42. The molecule has 0 saturated heterocycles. The van der Waals surface area contributed by atoms with Crippen molar-refractivity contribution in [3.63, 3.8) is 0 Å². The number of hydrogen-bond acceptors (Lipinski definition) is 4. The zero-order chi connectivity index (χ0) is 17.2. The van der Waals surface area contributed by atoms with E-state index in [2.05, 4.69) is 0 Å². The largest absolute Gasteiger partial charge is 0.508 e. The molecule has 0 radical (unpaired) electrons. The Hall–Kier alpha value is -3.14. The molecule has 4 N–H and O–H groups in total. The molecule has 2 aromatic rings. The summed E-state index contributed by atoms with van der Waals surface area (Å²) in [5.74, 6) is -0.00341. The van der Waals surface area contributed by atoms with Gasteiger partial charge in [-0.1, -0.05) is 42.5 Å². The molecule has 4 nitrogen and oxygen atoms in total.